The van der Waals surface area contributed by atoms with Gasteiger partial charge < -0.3 is 15.3 Å². The lowest BCUT2D eigenvalue weighted by Crippen LogP contribution is -2.34. The number of hydrogen-bond acceptors (Lipinski definition) is 4. The fourth-order valence-corrected chi connectivity index (χ4v) is 2.41. The maximum atomic E-state index is 11.1. The van der Waals surface area contributed by atoms with Crippen LogP contribution in [0.1, 0.15) is 29.6 Å². The second kappa shape index (κ2) is 6.73. The zero-order valence-corrected chi connectivity index (χ0v) is 11.5. The number of nitrogens with zero attached hydrogens (tertiary/aromatic N) is 2. The first-order chi connectivity index (χ1) is 9.16. The summed E-state index contributed by atoms with van der Waals surface area (Å²) in [5.74, 6) is -0.651. The summed E-state index contributed by atoms with van der Waals surface area (Å²) in [7, 11) is 0. The molecule has 0 spiro atoms. The molecule has 1 aliphatic rings. The van der Waals surface area contributed by atoms with Gasteiger partial charge in [0, 0.05) is 13.1 Å². The number of rotatable bonds is 5. The number of hydrogen-bond donors (Lipinski definition) is 2. The summed E-state index contributed by atoms with van der Waals surface area (Å²) in [5.41, 5.74) is 0.156. The first-order valence-electron chi connectivity index (χ1n) is 6.53. The number of aromatic carboxylic acids is 1. The quantitative estimate of drug-likeness (QED) is 0.812. The van der Waals surface area contributed by atoms with Gasteiger partial charge in [-0.15, -0.1) is 0 Å². The van der Waals surface area contributed by atoms with Crippen LogP contribution in [0.3, 0.4) is 0 Å². The summed E-state index contributed by atoms with van der Waals surface area (Å²) in [5, 5.41) is 12.4. The molecule has 104 valence electrons. The van der Waals surface area contributed by atoms with Gasteiger partial charge in [-0.2, -0.15) is 0 Å². The Kier molecular flexibility index (Phi) is 4.99. The van der Waals surface area contributed by atoms with Gasteiger partial charge in [-0.25, -0.2) is 9.78 Å². The number of likely N-dealkylation sites (tertiary alicyclic amines) is 1. The van der Waals surface area contributed by atoms with Crippen LogP contribution in [0, 0.1) is 0 Å². The van der Waals surface area contributed by atoms with Crippen molar-refractivity contribution in [2.45, 2.75) is 19.3 Å². The molecular formula is C13H18ClN3O2. The van der Waals surface area contributed by atoms with Crippen molar-refractivity contribution in [3.8, 4) is 0 Å². The second-order valence-electron chi connectivity index (χ2n) is 4.66. The van der Waals surface area contributed by atoms with Crippen LogP contribution >= 0.6 is 11.6 Å². The minimum absolute atomic E-state index is 0.156. The molecule has 0 aliphatic carbocycles. The Labute approximate surface area is 117 Å². The minimum Gasteiger partial charge on any atom is -0.478 e. The van der Waals surface area contributed by atoms with Crippen molar-refractivity contribution in [1.29, 1.82) is 0 Å². The summed E-state index contributed by atoms with van der Waals surface area (Å²) < 4.78 is 0. The average Bonchev–Trinajstić information content (AvgIpc) is 2.39. The second-order valence-corrected chi connectivity index (χ2v) is 5.05. The van der Waals surface area contributed by atoms with Crippen LogP contribution in [-0.2, 0) is 0 Å². The van der Waals surface area contributed by atoms with E-state index in [1.807, 2.05) is 0 Å². The number of carboxylic acids is 1. The maximum Gasteiger partial charge on any atom is 0.339 e. The SMILES string of the molecule is O=C(O)c1ccc(Cl)nc1NCCN1CCCCC1. The Morgan fingerprint density at radius 2 is 2.11 bits per heavy atom. The number of pyridine rings is 1. The van der Waals surface area contributed by atoms with Gasteiger partial charge in [0.1, 0.15) is 16.5 Å². The summed E-state index contributed by atoms with van der Waals surface area (Å²) in [6.07, 6.45) is 3.80. The van der Waals surface area contributed by atoms with Crippen LogP contribution < -0.4 is 5.32 Å². The molecule has 2 N–H and O–H groups in total. The summed E-state index contributed by atoms with van der Waals surface area (Å²) in [6, 6.07) is 2.96. The van der Waals surface area contributed by atoms with E-state index in [-0.39, 0.29) is 5.56 Å². The third-order valence-electron chi connectivity index (χ3n) is 3.26. The number of halogens is 1. The van der Waals surface area contributed by atoms with Crippen molar-refractivity contribution in [2.24, 2.45) is 0 Å². The molecule has 0 atom stereocenters. The highest BCUT2D eigenvalue weighted by molar-refractivity contribution is 6.29. The molecule has 19 heavy (non-hydrogen) atoms. The number of aromatic nitrogens is 1. The summed E-state index contributed by atoms with van der Waals surface area (Å²) in [6.45, 7) is 3.81. The number of carboxylic acid groups (broad SMARTS) is 1. The third-order valence-corrected chi connectivity index (χ3v) is 3.47. The molecule has 6 heteroatoms. The monoisotopic (exact) mass is 283 g/mol. The van der Waals surface area contributed by atoms with Gasteiger partial charge in [-0.05, 0) is 38.1 Å². The zero-order chi connectivity index (χ0) is 13.7. The molecule has 0 amide bonds. The minimum atomic E-state index is -0.996. The van der Waals surface area contributed by atoms with E-state index < -0.39 is 5.97 Å². The van der Waals surface area contributed by atoms with Gasteiger partial charge in [0.15, 0.2) is 0 Å². The van der Waals surface area contributed by atoms with Crippen LogP contribution in [0.5, 0.6) is 0 Å². The molecule has 1 fully saturated rings. The Hall–Kier alpha value is -1.33. The van der Waals surface area contributed by atoms with Crippen molar-refractivity contribution < 1.29 is 9.90 Å². The van der Waals surface area contributed by atoms with E-state index in [1.165, 1.54) is 31.4 Å². The van der Waals surface area contributed by atoms with Crippen molar-refractivity contribution in [2.75, 3.05) is 31.5 Å². The summed E-state index contributed by atoms with van der Waals surface area (Å²) in [4.78, 5) is 17.5. The van der Waals surface area contributed by atoms with Crippen molar-refractivity contribution >= 4 is 23.4 Å². The smallest absolute Gasteiger partial charge is 0.339 e. The normalized spacial score (nSPS) is 16.3. The first kappa shape index (κ1) is 14.1. The highest BCUT2D eigenvalue weighted by atomic mass is 35.5. The van der Waals surface area contributed by atoms with E-state index >= 15 is 0 Å². The lowest BCUT2D eigenvalue weighted by molar-refractivity contribution is 0.0697. The molecule has 0 radical (unpaired) electrons. The predicted octanol–water partition coefficient (Wildman–Crippen LogP) is 2.33. The molecule has 1 aromatic heterocycles. The van der Waals surface area contributed by atoms with E-state index in [0.717, 1.165) is 19.6 Å². The Bertz CT molecular complexity index is 448. The Balaban J connectivity index is 1.91. The van der Waals surface area contributed by atoms with E-state index in [4.69, 9.17) is 16.7 Å². The predicted molar refractivity (Wildman–Crippen MR) is 75.0 cm³/mol. The fraction of sp³-hybridized carbons (Fsp3) is 0.538. The van der Waals surface area contributed by atoms with Gasteiger partial charge in [0.05, 0.1) is 0 Å². The van der Waals surface area contributed by atoms with E-state index in [1.54, 1.807) is 0 Å². The molecule has 0 unspecified atom stereocenters. The number of anilines is 1. The van der Waals surface area contributed by atoms with Crippen LogP contribution in [-0.4, -0.2) is 47.1 Å². The molecule has 5 nitrogen and oxygen atoms in total. The molecule has 2 heterocycles. The standard InChI is InChI=1S/C13H18ClN3O2/c14-11-5-4-10(13(18)19)12(16-11)15-6-9-17-7-2-1-3-8-17/h4-5H,1-3,6-9H2,(H,15,16)(H,18,19). The number of carbonyl (C=O) groups is 1. The number of nitrogens with one attached hydrogen (secondary N) is 1. The van der Waals surface area contributed by atoms with E-state index in [9.17, 15) is 4.79 Å². The topological polar surface area (TPSA) is 65.5 Å². The van der Waals surface area contributed by atoms with E-state index in [0.29, 0.717) is 17.5 Å². The highest BCUT2D eigenvalue weighted by Crippen LogP contribution is 2.16. The summed E-state index contributed by atoms with van der Waals surface area (Å²) >= 11 is 5.79. The lowest BCUT2D eigenvalue weighted by Gasteiger charge is -2.26. The fourth-order valence-electron chi connectivity index (χ4n) is 2.26. The van der Waals surface area contributed by atoms with Gasteiger partial charge in [-0.1, -0.05) is 18.0 Å². The van der Waals surface area contributed by atoms with Crippen molar-refractivity contribution in [1.82, 2.24) is 9.88 Å². The molecule has 1 aromatic rings. The van der Waals surface area contributed by atoms with Gasteiger partial charge in [-0.3, -0.25) is 0 Å². The van der Waals surface area contributed by atoms with Crippen molar-refractivity contribution in [3.63, 3.8) is 0 Å². The molecule has 0 bridgehead atoms. The van der Waals surface area contributed by atoms with Crippen LogP contribution in [0.25, 0.3) is 0 Å². The molecule has 0 aromatic carbocycles. The lowest BCUT2D eigenvalue weighted by atomic mass is 10.1. The van der Waals surface area contributed by atoms with Crippen LogP contribution in [0.2, 0.25) is 5.15 Å². The Morgan fingerprint density at radius 3 is 2.79 bits per heavy atom. The zero-order valence-electron chi connectivity index (χ0n) is 10.7. The highest BCUT2D eigenvalue weighted by Gasteiger charge is 2.13. The van der Waals surface area contributed by atoms with Gasteiger partial charge in [0.2, 0.25) is 0 Å². The first-order valence-corrected chi connectivity index (χ1v) is 6.90. The van der Waals surface area contributed by atoms with Crippen LogP contribution in [0.15, 0.2) is 12.1 Å². The van der Waals surface area contributed by atoms with Crippen molar-refractivity contribution in [3.05, 3.63) is 22.8 Å². The average molecular weight is 284 g/mol. The van der Waals surface area contributed by atoms with E-state index in [2.05, 4.69) is 15.2 Å². The third kappa shape index (κ3) is 4.08. The number of piperidine rings is 1. The maximum absolute atomic E-state index is 11.1. The molecule has 2 rings (SSSR count). The molecular weight excluding hydrogens is 266 g/mol. The molecule has 1 aliphatic heterocycles. The molecule has 0 saturated carbocycles. The largest absolute Gasteiger partial charge is 0.478 e. The Morgan fingerprint density at radius 1 is 1.37 bits per heavy atom. The van der Waals surface area contributed by atoms with Gasteiger partial charge in [0.25, 0.3) is 0 Å². The molecule has 1 saturated heterocycles. The van der Waals surface area contributed by atoms with Gasteiger partial charge >= 0.3 is 5.97 Å². The van der Waals surface area contributed by atoms with Crippen LogP contribution in [0.4, 0.5) is 5.82 Å².